The molecule has 0 amide bonds. The van der Waals surface area contributed by atoms with Crippen LogP contribution in [0.1, 0.15) is 11.1 Å². The smallest absolute Gasteiger partial charge is 0.0541 e. The highest BCUT2D eigenvalue weighted by Gasteiger charge is 2.22. The van der Waals surface area contributed by atoms with Crippen LogP contribution in [-0.2, 0) is 6.42 Å². The highest BCUT2D eigenvalue weighted by Crippen LogP contribution is 2.43. The molecule has 2 heterocycles. The lowest BCUT2D eigenvalue weighted by atomic mass is 9.97. The molecule has 2 aromatic heterocycles. The molecule has 0 unspecified atom stereocenters. The highest BCUT2D eigenvalue weighted by atomic mass is 15.0. The van der Waals surface area contributed by atoms with Gasteiger partial charge in [0.2, 0.25) is 0 Å². The van der Waals surface area contributed by atoms with E-state index >= 15 is 0 Å². The fourth-order valence-electron chi connectivity index (χ4n) is 10.3. The Labute approximate surface area is 366 Å². The molecule has 0 spiro atoms. The van der Waals surface area contributed by atoms with E-state index in [9.17, 15) is 0 Å². The van der Waals surface area contributed by atoms with Crippen LogP contribution in [0.25, 0.3) is 111 Å². The predicted octanol–water partition coefficient (Wildman–Crippen LogP) is 16.1. The van der Waals surface area contributed by atoms with Crippen molar-refractivity contribution in [3.63, 3.8) is 0 Å². The molecule has 63 heavy (non-hydrogen) atoms. The van der Waals surface area contributed by atoms with E-state index in [2.05, 4.69) is 240 Å². The van der Waals surface area contributed by atoms with Crippen LogP contribution < -0.4 is 0 Å². The van der Waals surface area contributed by atoms with Crippen molar-refractivity contribution >= 4 is 43.6 Å². The topological polar surface area (TPSA) is 9.86 Å². The summed E-state index contributed by atoms with van der Waals surface area (Å²) in [6.45, 7) is 0. The fraction of sp³-hybridized carbons (Fsp3) is 0.0164. The number of hydrogen-bond acceptors (Lipinski definition) is 0. The minimum absolute atomic E-state index is 0.922. The molecule has 294 valence electrons. The van der Waals surface area contributed by atoms with Gasteiger partial charge >= 0.3 is 0 Å². The molecule has 12 aromatic rings. The summed E-state index contributed by atoms with van der Waals surface area (Å²) in [5.74, 6) is 0. The summed E-state index contributed by atoms with van der Waals surface area (Å²) in [4.78, 5) is 0. The first kappa shape index (κ1) is 35.5. The van der Waals surface area contributed by atoms with Crippen molar-refractivity contribution in [2.45, 2.75) is 6.42 Å². The number of hydrogen-bond donors (Lipinski definition) is 0. The molecular formula is C61H40N2. The van der Waals surface area contributed by atoms with Gasteiger partial charge in [0.15, 0.2) is 0 Å². The zero-order chi connectivity index (χ0) is 41.4. The summed E-state index contributed by atoms with van der Waals surface area (Å²) >= 11 is 0. The van der Waals surface area contributed by atoms with Crippen molar-refractivity contribution in [2.24, 2.45) is 0 Å². The molecule has 0 N–H and O–H groups in total. The van der Waals surface area contributed by atoms with Gasteiger partial charge in [0.25, 0.3) is 0 Å². The molecule has 0 aliphatic heterocycles. The quantitative estimate of drug-likeness (QED) is 0.159. The SMILES string of the molecule is c1ccc(-c2cc(-c3ccccc3)cc(-n3c4ccccc4c4cc(-c5ccc6c(c5)Cc5cc(-c7ccc8c(c7)c7ccccc7n8-c7ccccc7)ccc5-6)ccc43)c2)cc1. The average molecular weight is 801 g/mol. The van der Waals surface area contributed by atoms with Gasteiger partial charge < -0.3 is 9.13 Å². The number of benzene rings is 10. The summed E-state index contributed by atoms with van der Waals surface area (Å²) < 4.78 is 4.83. The standard InChI is InChI=1S/C61H40N2/c1-4-14-40(15-5-1)46-34-47(41-16-6-2-7-17-41)37-51(36-46)63-59-23-13-11-21-55(59)57-39-45(27-31-61(57)63)43-25-29-53-49(33-43)35-48-32-42(24-28-52(48)53)44-26-30-60-56(38-44)54-20-10-12-22-58(54)62(60)50-18-8-3-9-19-50/h1-34,36-39H,35H2. The number of nitrogens with zero attached hydrogens (tertiary/aromatic N) is 2. The number of aromatic nitrogens is 2. The molecule has 0 saturated carbocycles. The van der Waals surface area contributed by atoms with Crippen molar-refractivity contribution < 1.29 is 0 Å². The van der Waals surface area contributed by atoms with Crippen LogP contribution in [-0.4, -0.2) is 9.13 Å². The molecule has 1 aliphatic rings. The molecule has 0 atom stereocenters. The van der Waals surface area contributed by atoms with Crippen LogP contribution in [0.15, 0.2) is 231 Å². The van der Waals surface area contributed by atoms with Crippen molar-refractivity contribution in [3.05, 3.63) is 242 Å². The van der Waals surface area contributed by atoms with Gasteiger partial charge in [0, 0.05) is 32.9 Å². The molecule has 10 aromatic carbocycles. The largest absolute Gasteiger partial charge is 0.309 e. The van der Waals surface area contributed by atoms with Crippen molar-refractivity contribution in [1.29, 1.82) is 0 Å². The average Bonchev–Trinajstić information content (AvgIpc) is 4.01. The van der Waals surface area contributed by atoms with Crippen LogP contribution in [0.4, 0.5) is 0 Å². The third kappa shape index (κ3) is 5.80. The zero-order valence-electron chi connectivity index (χ0n) is 34.5. The molecule has 0 radical (unpaired) electrons. The van der Waals surface area contributed by atoms with E-state index in [1.165, 1.54) is 116 Å². The molecule has 1 aliphatic carbocycles. The molecule has 0 fully saturated rings. The van der Waals surface area contributed by atoms with Gasteiger partial charge in [0.1, 0.15) is 0 Å². The number of rotatable bonds is 6. The van der Waals surface area contributed by atoms with Gasteiger partial charge in [-0.05, 0) is 140 Å². The summed E-state index contributed by atoms with van der Waals surface area (Å²) in [6.07, 6.45) is 0.922. The molecular weight excluding hydrogens is 761 g/mol. The van der Waals surface area contributed by atoms with E-state index in [1.807, 2.05) is 0 Å². The van der Waals surface area contributed by atoms with Gasteiger partial charge in [-0.3, -0.25) is 0 Å². The van der Waals surface area contributed by atoms with E-state index in [1.54, 1.807) is 0 Å². The van der Waals surface area contributed by atoms with Crippen LogP contribution in [0.5, 0.6) is 0 Å². The second-order valence-corrected chi connectivity index (χ2v) is 16.9. The third-order valence-electron chi connectivity index (χ3n) is 13.3. The van der Waals surface area contributed by atoms with Crippen LogP contribution >= 0.6 is 0 Å². The van der Waals surface area contributed by atoms with Crippen molar-refractivity contribution in [2.75, 3.05) is 0 Å². The number of fused-ring (bicyclic) bond motifs is 9. The summed E-state index contributed by atoms with van der Waals surface area (Å²) in [6, 6.07) is 84.9. The minimum Gasteiger partial charge on any atom is -0.309 e. The Morgan fingerprint density at radius 3 is 1.14 bits per heavy atom. The molecule has 2 heteroatoms. The summed E-state index contributed by atoms with van der Waals surface area (Å²) in [5, 5.41) is 5.06. The maximum absolute atomic E-state index is 2.45. The van der Waals surface area contributed by atoms with Gasteiger partial charge in [-0.25, -0.2) is 0 Å². The maximum Gasteiger partial charge on any atom is 0.0541 e. The predicted molar refractivity (Wildman–Crippen MR) is 265 cm³/mol. The van der Waals surface area contributed by atoms with E-state index in [4.69, 9.17) is 0 Å². The number of para-hydroxylation sites is 3. The Bertz CT molecular complexity index is 3680. The zero-order valence-corrected chi connectivity index (χ0v) is 34.5. The Balaban J connectivity index is 0.864. The second-order valence-electron chi connectivity index (χ2n) is 16.9. The monoisotopic (exact) mass is 800 g/mol. The molecule has 2 nitrogen and oxygen atoms in total. The highest BCUT2D eigenvalue weighted by molar-refractivity contribution is 6.12. The third-order valence-corrected chi connectivity index (χ3v) is 13.3. The molecule has 0 bridgehead atoms. The normalized spacial score (nSPS) is 12.1. The Hall–Kier alpha value is -8.20. The van der Waals surface area contributed by atoms with Crippen molar-refractivity contribution in [1.82, 2.24) is 9.13 Å². The summed E-state index contributed by atoms with van der Waals surface area (Å²) in [5.41, 5.74) is 22.5. The lowest BCUT2D eigenvalue weighted by molar-refractivity contribution is 1.18. The van der Waals surface area contributed by atoms with Crippen LogP contribution in [0.3, 0.4) is 0 Å². The Kier molecular flexibility index (Phi) is 8.01. The van der Waals surface area contributed by atoms with Gasteiger partial charge in [-0.1, -0.05) is 164 Å². The first-order valence-electron chi connectivity index (χ1n) is 21.9. The lowest BCUT2D eigenvalue weighted by Crippen LogP contribution is -1.96. The van der Waals surface area contributed by atoms with E-state index in [0.29, 0.717) is 0 Å². The van der Waals surface area contributed by atoms with Crippen LogP contribution in [0, 0.1) is 0 Å². The first-order chi connectivity index (χ1) is 31.2. The lowest BCUT2D eigenvalue weighted by Gasteiger charge is -2.14. The van der Waals surface area contributed by atoms with E-state index in [0.717, 1.165) is 12.1 Å². The summed E-state index contributed by atoms with van der Waals surface area (Å²) in [7, 11) is 0. The Morgan fingerprint density at radius 1 is 0.238 bits per heavy atom. The second kappa shape index (κ2) is 14.2. The maximum atomic E-state index is 2.45. The van der Waals surface area contributed by atoms with E-state index in [-0.39, 0.29) is 0 Å². The van der Waals surface area contributed by atoms with E-state index < -0.39 is 0 Å². The van der Waals surface area contributed by atoms with Crippen molar-refractivity contribution in [3.8, 4) is 67.0 Å². The minimum atomic E-state index is 0.922. The molecule has 13 rings (SSSR count). The fourth-order valence-corrected chi connectivity index (χ4v) is 10.3. The van der Waals surface area contributed by atoms with Gasteiger partial charge in [-0.2, -0.15) is 0 Å². The Morgan fingerprint density at radius 2 is 0.635 bits per heavy atom. The van der Waals surface area contributed by atoms with Crippen LogP contribution in [0.2, 0.25) is 0 Å². The van der Waals surface area contributed by atoms with Gasteiger partial charge in [0.05, 0.1) is 22.1 Å². The van der Waals surface area contributed by atoms with Gasteiger partial charge in [-0.15, -0.1) is 0 Å². The first-order valence-corrected chi connectivity index (χ1v) is 21.9. The molecule has 0 saturated heterocycles.